The molecule has 0 amide bonds. The first-order valence-electron chi connectivity index (χ1n) is 17.3. The third kappa shape index (κ3) is 4.55. The number of aromatic nitrogens is 3. The van der Waals surface area contributed by atoms with Crippen LogP contribution < -0.4 is 0 Å². The van der Waals surface area contributed by atoms with E-state index in [9.17, 15) is 0 Å². The third-order valence-corrected chi connectivity index (χ3v) is 10.2. The molecule has 3 nitrogen and oxygen atoms in total. The highest BCUT2D eigenvalue weighted by atomic mass is 15.0. The normalized spacial score (nSPS) is 14.4. The number of para-hydroxylation sites is 3. The number of hydrogen-bond donors (Lipinski definition) is 0. The molecular weight excluding hydrogens is 607 g/mol. The lowest BCUT2D eigenvalue weighted by Gasteiger charge is -2.17. The molecule has 50 heavy (non-hydrogen) atoms. The van der Waals surface area contributed by atoms with Gasteiger partial charge in [-0.2, -0.15) is 0 Å². The monoisotopic (exact) mass is 639 g/mol. The van der Waals surface area contributed by atoms with Crippen LogP contribution in [-0.4, -0.2) is 14.1 Å². The van der Waals surface area contributed by atoms with E-state index in [0.29, 0.717) is 0 Å². The number of hydrogen-bond acceptors (Lipinski definition) is 1. The first-order valence-corrected chi connectivity index (χ1v) is 17.3. The fourth-order valence-electron chi connectivity index (χ4n) is 7.92. The number of allylic oxidation sites excluding steroid dienone is 4. The van der Waals surface area contributed by atoms with Crippen LogP contribution in [0.3, 0.4) is 0 Å². The van der Waals surface area contributed by atoms with E-state index in [0.717, 1.165) is 34.7 Å². The minimum atomic E-state index is 0.248. The average molecular weight is 640 g/mol. The summed E-state index contributed by atoms with van der Waals surface area (Å²) in [6.07, 6.45) is 9.73. The molecule has 0 aliphatic heterocycles. The predicted molar refractivity (Wildman–Crippen MR) is 209 cm³/mol. The molecule has 0 saturated carbocycles. The van der Waals surface area contributed by atoms with E-state index in [1.165, 1.54) is 54.7 Å². The van der Waals surface area contributed by atoms with Crippen LogP contribution in [0.2, 0.25) is 0 Å². The lowest BCUT2D eigenvalue weighted by molar-refractivity contribution is 0.818. The molecule has 3 aromatic heterocycles. The number of pyridine rings is 1. The summed E-state index contributed by atoms with van der Waals surface area (Å²) >= 11 is 0. The van der Waals surface area contributed by atoms with Gasteiger partial charge in [-0.25, -0.2) is 0 Å². The zero-order valence-electron chi connectivity index (χ0n) is 27.4. The SMILES string of the molecule is C1=CCC(c2cc(-c3cccc(-n4c5ccccc5c5ccc6c(c7ccccc7n6-c6ccccc6)c54)c3)cc(-c3ccccc3)n2)C=C1. The van der Waals surface area contributed by atoms with Gasteiger partial charge in [-0.1, -0.05) is 127 Å². The van der Waals surface area contributed by atoms with Crippen LogP contribution >= 0.6 is 0 Å². The lowest BCUT2D eigenvalue weighted by atomic mass is 9.93. The molecule has 236 valence electrons. The van der Waals surface area contributed by atoms with Gasteiger partial charge in [-0.3, -0.25) is 4.98 Å². The largest absolute Gasteiger partial charge is 0.309 e. The quantitative estimate of drug-likeness (QED) is 0.184. The Morgan fingerprint density at radius 3 is 1.98 bits per heavy atom. The molecule has 0 fully saturated rings. The van der Waals surface area contributed by atoms with E-state index in [2.05, 4.69) is 191 Å². The van der Waals surface area contributed by atoms with Gasteiger partial charge in [0.1, 0.15) is 0 Å². The van der Waals surface area contributed by atoms with Gasteiger partial charge in [-0.05, 0) is 72.1 Å². The molecule has 1 unspecified atom stereocenters. The maximum absolute atomic E-state index is 5.20. The topological polar surface area (TPSA) is 22.8 Å². The molecule has 1 aliphatic carbocycles. The summed E-state index contributed by atoms with van der Waals surface area (Å²) in [5, 5.41) is 5.02. The molecular formula is C47H33N3. The first kappa shape index (κ1) is 28.6. The Bertz CT molecular complexity index is 2780. The molecule has 0 N–H and O–H groups in total. The molecule has 0 spiro atoms. The fraction of sp³-hybridized carbons (Fsp3) is 0.0426. The number of fused-ring (bicyclic) bond motifs is 7. The molecule has 0 radical (unpaired) electrons. The zero-order valence-corrected chi connectivity index (χ0v) is 27.4. The molecule has 6 aromatic carbocycles. The Morgan fingerprint density at radius 2 is 1.18 bits per heavy atom. The number of nitrogens with zero attached hydrogens (tertiary/aromatic N) is 3. The van der Waals surface area contributed by atoms with Crippen molar-refractivity contribution >= 4 is 43.6 Å². The van der Waals surface area contributed by atoms with Crippen LogP contribution in [0.1, 0.15) is 18.0 Å². The van der Waals surface area contributed by atoms with Crippen molar-refractivity contribution in [1.82, 2.24) is 14.1 Å². The van der Waals surface area contributed by atoms with Crippen LogP contribution in [-0.2, 0) is 0 Å². The van der Waals surface area contributed by atoms with Crippen molar-refractivity contribution < 1.29 is 0 Å². The standard InChI is InChI=1S/C47H33N3/c1-4-15-32(16-5-1)41-30-35(31-42(48-41)33-17-6-2-7-18-33)34-19-14-22-37(29-34)50-43-25-12-10-23-38(43)39-27-28-45-46(47(39)50)40-24-11-13-26-44(40)49(45)36-20-8-3-9-21-36/h1-17,19-31,33H,18H2. The molecule has 1 atom stereocenters. The lowest BCUT2D eigenvalue weighted by Crippen LogP contribution is -2.02. The molecule has 3 heterocycles. The third-order valence-electron chi connectivity index (χ3n) is 10.2. The number of rotatable bonds is 5. The Kier molecular flexibility index (Phi) is 6.63. The summed E-state index contributed by atoms with van der Waals surface area (Å²) < 4.78 is 4.88. The summed E-state index contributed by atoms with van der Waals surface area (Å²) in [4.78, 5) is 5.20. The first-order chi connectivity index (χ1) is 24.8. The average Bonchev–Trinajstić information content (AvgIpc) is 3.72. The second-order valence-corrected chi connectivity index (χ2v) is 13.1. The van der Waals surface area contributed by atoms with Gasteiger partial charge in [0, 0.05) is 50.1 Å². The molecule has 10 rings (SSSR count). The van der Waals surface area contributed by atoms with Gasteiger partial charge in [-0.15, -0.1) is 0 Å². The molecule has 0 bridgehead atoms. The highest BCUT2D eigenvalue weighted by Gasteiger charge is 2.21. The van der Waals surface area contributed by atoms with Crippen molar-refractivity contribution in [2.75, 3.05) is 0 Å². The van der Waals surface area contributed by atoms with Crippen LogP contribution in [0, 0.1) is 0 Å². The van der Waals surface area contributed by atoms with E-state index in [-0.39, 0.29) is 5.92 Å². The van der Waals surface area contributed by atoms with Gasteiger partial charge in [0.05, 0.1) is 27.8 Å². The summed E-state index contributed by atoms with van der Waals surface area (Å²) in [5.41, 5.74) is 12.7. The van der Waals surface area contributed by atoms with Crippen molar-refractivity contribution in [1.29, 1.82) is 0 Å². The van der Waals surface area contributed by atoms with E-state index in [1.807, 2.05) is 0 Å². The van der Waals surface area contributed by atoms with E-state index in [1.54, 1.807) is 0 Å². The number of benzene rings is 6. The molecule has 1 aliphatic rings. The summed E-state index contributed by atoms with van der Waals surface area (Å²) in [6.45, 7) is 0. The van der Waals surface area contributed by atoms with Gasteiger partial charge in [0.2, 0.25) is 0 Å². The molecule has 9 aromatic rings. The van der Waals surface area contributed by atoms with E-state index >= 15 is 0 Å². The maximum atomic E-state index is 5.20. The second-order valence-electron chi connectivity index (χ2n) is 13.1. The smallest absolute Gasteiger partial charge is 0.0711 e. The highest BCUT2D eigenvalue weighted by Crippen LogP contribution is 2.42. The Balaban J connectivity index is 1.24. The fourth-order valence-corrected chi connectivity index (χ4v) is 7.92. The maximum Gasteiger partial charge on any atom is 0.0711 e. The van der Waals surface area contributed by atoms with Crippen molar-refractivity contribution in [2.24, 2.45) is 0 Å². The van der Waals surface area contributed by atoms with Gasteiger partial charge < -0.3 is 9.13 Å². The van der Waals surface area contributed by atoms with Crippen molar-refractivity contribution in [3.8, 4) is 33.8 Å². The minimum Gasteiger partial charge on any atom is -0.309 e. The van der Waals surface area contributed by atoms with Gasteiger partial charge >= 0.3 is 0 Å². The summed E-state index contributed by atoms with van der Waals surface area (Å²) in [7, 11) is 0. The Morgan fingerprint density at radius 1 is 0.480 bits per heavy atom. The zero-order chi connectivity index (χ0) is 33.0. The van der Waals surface area contributed by atoms with E-state index in [4.69, 9.17) is 4.98 Å². The van der Waals surface area contributed by atoms with Gasteiger partial charge in [0.15, 0.2) is 0 Å². The van der Waals surface area contributed by atoms with Crippen LogP contribution in [0.15, 0.2) is 182 Å². The summed E-state index contributed by atoms with van der Waals surface area (Å²) in [5.74, 6) is 0.248. The van der Waals surface area contributed by atoms with Crippen molar-refractivity contribution in [3.63, 3.8) is 0 Å². The predicted octanol–water partition coefficient (Wildman–Crippen LogP) is 12.2. The second kappa shape index (κ2) is 11.6. The Labute approximate surface area is 290 Å². The van der Waals surface area contributed by atoms with E-state index < -0.39 is 0 Å². The summed E-state index contributed by atoms with van der Waals surface area (Å²) in [6, 6.07) is 57.1. The molecule has 3 heteroatoms. The van der Waals surface area contributed by atoms with Gasteiger partial charge in [0.25, 0.3) is 0 Å². The van der Waals surface area contributed by atoms with Crippen LogP contribution in [0.5, 0.6) is 0 Å². The highest BCUT2D eigenvalue weighted by molar-refractivity contribution is 6.26. The van der Waals surface area contributed by atoms with Crippen molar-refractivity contribution in [3.05, 3.63) is 188 Å². The van der Waals surface area contributed by atoms with Crippen LogP contribution in [0.4, 0.5) is 0 Å². The van der Waals surface area contributed by atoms with Crippen molar-refractivity contribution in [2.45, 2.75) is 12.3 Å². The minimum absolute atomic E-state index is 0.248. The Hall–Kier alpha value is -6.45. The molecule has 0 saturated heterocycles. The van der Waals surface area contributed by atoms with Crippen LogP contribution in [0.25, 0.3) is 77.4 Å².